The molecule has 1 aromatic rings. The molecule has 0 aromatic heterocycles. The van der Waals surface area contributed by atoms with Crippen molar-refractivity contribution in [1.82, 2.24) is 0 Å². The van der Waals surface area contributed by atoms with Crippen molar-refractivity contribution in [2.75, 3.05) is 0 Å². The van der Waals surface area contributed by atoms with Crippen molar-refractivity contribution in [3.8, 4) is 0 Å². The summed E-state index contributed by atoms with van der Waals surface area (Å²) in [6.45, 7) is 4.46. The third-order valence-corrected chi connectivity index (χ3v) is 2.53. The molecule has 0 amide bonds. The molecule has 1 aromatic carbocycles. The molecule has 12 heavy (non-hydrogen) atoms. The number of fused-ring (bicyclic) bond motifs is 1. The Hall–Kier alpha value is -0.0400. The van der Waals surface area contributed by atoms with E-state index in [0.29, 0.717) is 5.92 Å². The van der Waals surface area contributed by atoms with E-state index in [1.165, 1.54) is 16.7 Å². The van der Waals surface area contributed by atoms with E-state index in [1.54, 1.807) is 0 Å². The Morgan fingerprint density at radius 3 is 2.50 bits per heavy atom. The standard InChI is InChI=1S/C11H12.Na/c1-8-7-10-5-3-4-6-11(10)9(8)2;/h3-7,9H,1-2H3;/q;+1. The molecule has 56 valence electrons. The van der Waals surface area contributed by atoms with E-state index < -0.39 is 0 Å². The summed E-state index contributed by atoms with van der Waals surface area (Å²) in [5.74, 6) is 0.631. The quantitative estimate of drug-likeness (QED) is 0.485. The van der Waals surface area contributed by atoms with Gasteiger partial charge in [-0.2, -0.15) is 0 Å². The van der Waals surface area contributed by atoms with Gasteiger partial charge >= 0.3 is 29.6 Å². The smallest absolute Gasteiger partial charge is 0.0655 e. The zero-order chi connectivity index (χ0) is 7.84. The molecule has 0 radical (unpaired) electrons. The van der Waals surface area contributed by atoms with Crippen molar-refractivity contribution in [1.29, 1.82) is 0 Å². The number of allylic oxidation sites excluding steroid dienone is 1. The van der Waals surface area contributed by atoms with Gasteiger partial charge in [0.2, 0.25) is 0 Å². The average Bonchev–Trinajstić information content (AvgIpc) is 2.30. The first-order valence-corrected chi connectivity index (χ1v) is 4.06. The van der Waals surface area contributed by atoms with Crippen LogP contribution in [0.1, 0.15) is 30.9 Å². The van der Waals surface area contributed by atoms with Crippen LogP contribution in [0.4, 0.5) is 0 Å². The van der Waals surface area contributed by atoms with Crippen molar-refractivity contribution in [2.24, 2.45) is 0 Å². The fourth-order valence-corrected chi connectivity index (χ4v) is 1.65. The summed E-state index contributed by atoms with van der Waals surface area (Å²) < 4.78 is 0. The molecule has 0 N–H and O–H groups in total. The maximum absolute atomic E-state index is 2.28. The van der Waals surface area contributed by atoms with Crippen LogP contribution in [-0.2, 0) is 0 Å². The Kier molecular flexibility index (Phi) is 3.16. The summed E-state index contributed by atoms with van der Waals surface area (Å²) in [5, 5.41) is 0. The van der Waals surface area contributed by atoms with Gasteiger partial charge in [0.1, 0.15) is 0 Å². The van der Waals surface area contributed by atoms with Crippen molar-refractivity contribution >= 4 is 6.08 Å². The fourth-order valence-electron chi connectivity index (χ4n) is 1.65. The fraction of sp³-hybridized carbons (Fsp3) is 0.273. The van der Waals surface area contributed by atoms with Crippen LogP contribution in [0.5, 0.6) is 0 Å². The Morgan fingerprint density at radius 1 is 1.17 bits per heavy atom. The number of benzene rings is 1. The second-order valence-electron chi connectivity index (χ2n) is 3.24. The van der Waals surface area contributed by atoms with Gasteiger partial charge in [-0.15, -0.1) is 0 Å². The average molecular weight is 167 g/mol. The molecule has 1 atom stereocenters. The molecule has 1 unspecified atom stereocenters. The van der Waals surface area contributed by atoms with Crippen molar-refractivity contribution in [3.05, 3.63) is 41.0 Å². The first-order chi connectivity index (χ1) is 5.29. The van der Waals surface area contributed by atoms with Gasteiger partial charge in [-0.25, -0.2) is 0 Å². The topological polar surface area (TPSA) is 0 Å². The summed E-state index contributed by atoms with van der Waals surface area (Å²) in [7, 11) is 0. The molecule has 1 heteroatoms. The SMILES string of the molecule is CC1=Cc2ccccc2C1C.[Na+]. The third kappa shape index (κ3) is 1.52. The van der Waals surface area contributed by atoms with Crippen molar-refractivity contribution in [2.45, 2.75) is 19.8 Å². The van der Waals surface area contributed by atoms with E-state index in [2.05, 4.69) is 44.2 Å². The first-order valence-electron chi connectivity index (χ1n) is 4.06. The minimum Gasteiger partial charge on any atom is -0.0655 e. The molecule has 1 aliphatic carbocycles. The zero-order valence-electron chi connectivity index (χ0n) is 7.96. The van der Waals surface area contributed by atoms with Crippen molar-refractivity contribution in [3.63, 3.8) is 0 Å². The monoisotopic (exact) mass is 167 g/mol. The molecule has 0 aliphatic heterocycles. The Bertz CT molecular complexity index is 313. The maximum Gasteiger partial charge on any atom is 1.00 e. The van der Waals surface area contributed by atoms with Crippen LogP contribution in [0, 0.1) is 0 Å². The molecular formula is C11H12Na+. The molecule has 0 bridgehead atoms. The van der Waals surface area contributed by atoms with E-state index in [-0.39, 0.29) is 29.6 Å². The van der Waals surface area contributed by atoms with Gasteiger partial charge in [0.05, 0.1) is 0 Å². The molecule has 1 aliphatic rings. The number of rotatable bonds is 0. The van der Waals surface area contributed by atoms with Crippen LogP contribution in [0.2, 0.25) is 0 Å². The van der Waals surface area contributed by atoms with Gasteiger partial charge in [-0.1, -0.05) is 42.8 Å². The molecule has 0 spiro atoms. The Labute approximate surface area is 96.0 Å². The minimum absolute atomic E-state index is 0. The number of hydrogen-bond donors (Lipinski definition) is 0. The molecule has 0 heterocycles. The number of hydrogen-bond acceptors (Lipinski definition) is 0. The van der Waals surface area contributed by atoms with Gasteiger partial charge < -0.3 is 0 Å². The second kappa shape index (κ2) is 3.78. The third-order valence-electron chi connectivity index (χ3n) is 2.53. The van der Waals surface area contributed by atoms with Crippen molar-refractivity contribution < 1.29 is 29.6 Å². The van der Waals surface area contributed by atoms with Crippen LogP contribution < -0.4 is 29.6 Å². The van der Waals surface area contributed by atoms with Gasteiger partial charge in [-0.3, -0.25) is 0 Å². The first kappa shape index (κ1) is 10.0. The van der Waals surface area contributed by atoms with E-state index in [9.17, 15) is 0 Å². The van der Waals surface area contributed by atoms with Crippen LogP contribution in [0.15, 0.2) is 29.8 Å². The largest absolute Gasteiger partial charge is 1.00 e. The summed E-state index contributed by atoms with van der Waals surface area (Å²) in [5.41, 5.74) is 4.36. The van der Waals surface area contributed by atoms with Crippen LogP contribution in [-0.4, -0.2) is 0 Å². The summed E-state index contributed by atoms with van der Waals surface area (Å²) in [6.07, 6.45) is 2.28. The van der Waals surface area contributed by atoms with E-state index >= 15 is 0 Å². The molecule has 0 saturated heterocycles. The molecule has 0 nitrogen and oxygen atoms in total. The Morgan fingerprint density at radius 2 is 1.83 bits per heavy atom. The molecule has 0 fully saturated rings. The normalized spacial score (nSPS) is 19.5. The van der Waals surface area contributed by atoms with E-state index in [4.69, 9.17) is 0 Å². The Balaban J connectivity index is 0.000000720. The predicted molar refractivity (Wildman–Crippen MR) is 48.5 cm³/mol. The summed E-state index contributed by atoms with van der Waals surface area (Å²) >= 11 is 0. The van der Waals surface area contributed by atoms with E-state index in [1.807, 2.05) is 0 Å². The van der Waals surface area contributed by atoms with Gasteiger partial charge in [0.25, 0.3) is 0 Å². The maximum atomic E-state index is 2.28. The van der Waals surface area contributed by atoms with Gasteiger partial charge in [0.15, 0.2) is 0 Å². The molecule has 0 saturated carbocycles. The summed E-state index contributed by atoms with van der Waals surface area (Å²) in [4.78, 5) is 0. The molecule has 2 rings (SSSR count). The zero-order valence-corrected chi connectivity index (χ0v) is 9.96. The second-order valence-corrected chi connectivity index (χ2v) is 3.24. The minimum atomic E-state index is 0. The predicted octanol–water partition coefficient (Wildman–Crippen LogP) is 0.211. The van der Waals surface area contributed by atoms with E-state index in [0.717, 1.165) is 0 Å². The van der Waals surface area contributed by atoms with Crippen LogP contribution in [0.3, 0.4) is 0 Å². The summed E-state index contributed by atoms with van der Waals surface area (Å²) in [6, 6.07) is 8.61. The van der Waals surface area contributed by atoms with Gasteiger partial charge in [0, 0.05) is 5.92 Å². The van der Waals surface area contributed by atoms with Crippen LogP contribution >= 0.6 is 0 Å². The van der Waals surface area contributed by atoms with Gasteiger partial charge in [-0.05, 0) is 18.1 Å². The molecular weight excluding hydrogens is 155 g/mol. The van der Waals surface area contributed by atoms with Crippen LogP contribution in [0.25, 0.3) is 6.08 Å².